The summed E-state index contributed by atoms with van der Waals surface area (Å²) in [4.78, 5) is 19.9. The van der Waals surface area contributed by atoms with Crippen LogP contribution in [0.2, 0.25) is 0 Å². The maximum Gasteiger partial charge on any atom is 0.254 e. The molecule has 0 radical (unpaired) electrons. The number of anilines is 2. The number of nitrogens with zero attached hydrogens (tertiary/aromatic N) is 4. The van der Waals surface area contributed by atoms with Gasteiger partial charge in [-0.3, -0.25) is 4.79 Å². The first-order valence-electron chi connectivity index (χ1n) is 14.1. The third-order valence-corrected chi connectivity index (χ3v) is 8.54. The Morgan fingerprint density at radius 2 is 1.73 bits per heavy atom. The molecule has 5 rings (SSSR count). The number of halogens is 1. The predicted octanol–water partition coefficient (Wildman–Crippen LogP) is 5.10. The van der Waals surface area contributed by atoms with E-state index in [9.17, 15) is 19.6 Å². The Kier molecular flexibility index (Phi) is 8.37. The van der Waals surface area contributed by atoms with Crippen molar-refractivity contribution in [2.24, 2.45) is 5.92 Å². The molecule has 208 valence electrons. The van der Waals surface area contributed by atoms with Gasteiger partial charge in [0.15, 0.2) is 0 Å². The van der Waals surface area contributed by atoms with Crippen LogP contribution in [0.3, 0.4) is 0 Å². The Bertz CT molecular complexity index is 1390. The van der Waals surface area contributed by atoms with Crippen LogP contribution < -0.4 is 9.80 Å². The lowest BCUT2D eigenvalue weighted by Gasteiger charge is -2.42. The minimum atomic E-state index is -0.293. The molecule has 6 nitrogen and oxygen atoms in total. The molecular weight excluding hydrogens is 503 g/mol. The summed E-state index contributed by atoms with van der Waals surface area (Å²) in [5.74, 6) is 0.227. The van der Waals surface area contributed by atoms with Gasteiger partial charge in [0.1, 0.15) is 11.9 Å². The Hall–Kier alpha value is -3.89. The second-order valence-electron chi connectivity index (χ2n) is 11.1. The maximum absolute atomic E-state index is 13.7. The van der Waals surface area contributed by atoms with Gasteiger partial charge in [0, 0.05) is 44.0 Å². The monoisotopic (exact) mass is 540 g/mol. The minimum Gasteiger partial charge on any atom is -0.394 e. The molecule has 3 aromatic rings. The highest BCUT2D eigenvalue weighted by molar-refractivity contribution is 5.96. The molecule has 3 aromatic carbocycles. The normalized spacial score (nSPS) is 18.1. The van der Waals surface area contributed by atoms with Crippen molar-refractivity contribution >= 4 is 17.3 Å². The number of amides is 1. The highest BCUT2D eigenvalue weighted by Gasteiger charge is 2.31. The van der Waals surface area contributed by atoms with Crippen LogP contribution in [0.1, 0.15) is 45.5 Å². The highest BCUT2D eigenvalue weighted by atomic mass is 19.1. The molecule has 2 aliphatic heterocycles. The van der Waals surface area contributed by atoms with Crippen LogP contribution in [-0.4, -0.2) is 61.3 Å². The Morgan fingerprint density at radius 3 is 2.42 bits per heavy atom. The van der Waals surface area contributed by atoms with Crippen LogP contribution in [0.25, 0.3) is 0 Å². The van der Waals surface area contributed by atoms with Crippen molar-refractivity contribution in [1.82, 2.24) is 4.90 Å². The molecule has 1 amide bonds. The molecule has 1 N–H and O–H groups in total. The number of hydrogen-bond donors (Lipinski definition) is 1. The van der Waals surface area contributed by atoms with Gasteiger partial charge in [-0.2, -0.15) is 5.26 Å². The molecule has 1 atom stereocenters. The third kappa shape index (κ3) is 5.83. The quantitative estimate of drug-likeness (QED) is 0.471. The number of benzene rings is 3. The van der Waals surface area contributed by atoms with E-state index >= 15 is 0 Å². The number of piperazine rings is 1. The number of nitriles is 1. The van der Waals surface area contributed by atoms with Gasteiger partial charge in [0.2, 0.25) is 0 Å². The van der Waals surface area contributed by atoms with Gasteiger partial charge in [-0.05, 0) is 98.2 Å². The van der Waals surface area contributed by atoms with E-state index in [1.165, 1.54) is 23.3 Å². The number of carbonyl (C=O) groups is 1. The van der Waals surface area contributed by atoms with Crippen LogP contribution in [-0.2, 0) is 6.42 Å². The van der Waals surface area contributed by atoms with E-state index in [2.05, 4.69) is 34.9 Å². The number of hydrogen-bond acceptors (Lipinski definition) is 5. The largest absolute Gasteiger partial charge is 0.394 e. The molecule has 0 bridgehead atoms. The van der Waals surface area contributed by atoms with Crippen molar-refractivity contribution in [3.05, 3.63) is 94.3 Å². The van der Waals surface area contributed by atoms with Gasteiger partial charge in [0.05, 0.1) is 23.9 Å². The van der Waals surface area contributed by atoms with Crippen LogP contribution in [0.5, 0.6) is 0 Å². The van der Waals surface area contributed by atoms with Crippen LogP contribution in [0.15, 0.2) is 60.7 Å². The first-order chi connectivity index (χ1) is 19.4. The van der Waals surface area contributed by atoms with E-state index in [1.54, 1.807) is 12.1 Å². The van der Waals surface area contributed by atoms with Gasteiger partial charge < -0.3 is 19.8 Å². The van der Waals surface area contributed by atoms with Crippen molar-refractivity contribution in [3.8, 4) is 6.07 Å². The standard InChI is InChI=1S/C33H37FN4O2/c1-23-17-24(2)31(33(40)37-15-16-38(30(21-37)22-39)29-9-7-28(34)8-10-29)19-27(23)18-25-11-13-36(14-12-25)32-6-4-3-5-26(32)20-35/h3-10,17,19,25,30,39H,11-16,18,21-22H2,1-2H3. The number of para-hydroxylation sites is 1. The maximum atomic E-state index is 13.7. The van der Waals surface area contributed by atoms with Gasteiger partial charge in [-0.1, -0.05) is 18.2 Å². The Morgan fingerprint density at radius 1 is 1.00 bits per heavy atom. The van der Waals surface area contributed by atoms with E-state index < -0.39 is 0 Å². The lowest BCUT2D eigenvalue weighted by Crippen LogP contribution is -2.56. The first-order valence-corrected chi connectivity index (χ1v) is 14.1. The van der Waals surface area contributed by atoms with Crippen LogP contribution >= 0.6 is 0 Å². The van der Waals surface area contributed by atoms with E-state index in [0.29, 0.717) is 25.6 Å². The second kappa shape index (κ2) is 12.1. The average molecular weight is 541 g/mol. The molecule has 40 heavy (non-hydrogen) atoms. The average Bonchev–Trinajstić information content (AvgIpc) is 2.98. The molecule has 1 unspecified atom stereocenters. The Balaban J connectivity index is 1.25. The lowest BCUT2D eigenvalue weighted by atomic mass is 9.86. The summed E-state index contributed by atoms with van der Waals surface area (Å²) in [5.41, 5.74) is 6.71. The van der Waals surface area contributed by atoms with Gasteiger partial charge in [-0.15, -0.1) is 0 Å². The van der Waals surface area contributed by atoms with Gasteiger partial charge in [0.25, 0.3) is 5.91 Å². The smallest absolute Gasteiger partial charge is 0.254 e. The van der Waals surface area contributed by atoms with Crippen LogP contribution in [0.4, 0.5) is 15.8 Å². The first kappa shape index (κ1) is 27.7. The number of piperidine rings is 1. The zero-order valence-electron chi connectivity index (χ0n) is 23.3. The van der Waals surface area contributed by atoms with Gasteiger partial charge >= 0.3 is 0 Å². The summed E-state index contributed by atoms with van der Waals surface area (Å²) in [6.45, 7) is 7.40. The predicted molar refractivity (Wildman–Crippen MR) is 156 cm³/mol. The zero-order valence-corrected chi connectivity index (χ0v) is 23.3. The number of carbonyl (C=O) groups excluding carboxylic acids is 1. The SMILES string of the molecule is Cc1cc(C)c(C(=O)N2CCN(c3ccc(F)cc3)C(CO)C2)cc1CC1CCN(c2ccccc2C#N)CC1. The fraction of sp³-hybridized carbons (Fsp3) is 0.394. The van der Waals surface area contributed by atoms with Crippen molar-refractivity contribution in [3.63, 3.8) is 0 Å². The molecule has 0 aromatic heterocycles. The van der Waals surface area contributed by atoms with E-state index in [4.69, 9.17) is 0 Å². The summed E-state index contributed by atoms with van der Waals surface area (Å²) in [7, 11) is 0. The molecule has 2 aliphatic rings. The molecule has 0 saturated carbocycles. The number of rotatable bonds is 6. The number of aliphatic hydroxyl groups excluding tert-OH is 1. The fourth-order valence-corrected chi connectivity index (χ4v) is 6.22. The Labute approximate surface area is 236 Å². The molecule has 2 heterocycles. The van der Waals surface area contributed by atoms with Gasteiger partial charge in [-0.25, -0.2) is 4.39 Å². The topological polar surface area (TPSA) is 70.8 Å². The number of aliphatic hydroxyl groups is 1. The third-order valence-electron chi connectivity index (χ3n) is 8.54. The summed E-state index contributed by atoms with van der Waals surface area (Å²) in [5, 5.41) is 19.6. The van der Waals surface area contributed by atoms with Crippen LogP contribution in [0, 0.1) is 36.9 Å². The molecular formula is C33H37FN4O2. The van der Waals surface area contributed by atoms with E-state index in [-0.39, 0.29) is 24.4 Å². The molecule has 7 heteroatoms. The molecule has 0 aliphatic carbocycles. The molecule has 2 fully saturated rings. The zero-order chi connectivity index (χ0) is 28.2. The second-order valence-corrected chi connectivity index (χ2v) is 11.1. The summed E-state index contributed by atoms with van der Waals surface area (Å²) in [6.07, 6.45) is 3.01. The lowest BCUT2D eigenvalue weighted by molar-refractivity contribution is 0.0698. The number of aryl methyl sites for hydroxylation is 2. The summed E-state index contributed by atoms with van der Waals surface area (Å²) in [6, 6.07) is 20.4. The van der Waals surface area contributed by atoms with Crippen molar-refractivity contribution in [1.29, 1.82) is 5.26 Å². The highest BCUT2D eigenvalue weighted by Crippen LogP contribution is 2.30. The van der Waals surface area contributed by atoms with Crippen molar-refractivity contribution in [2.45, 2.75) is 39.2 Å². The fourth-order valence-electron chi connectivity index (χ4n) is 6.22. The summed E-state index contributed by atoms with van der Waals surface area (Å²) >= 11 is 0. The minimum absolute atomic E-state index is 0.00103. The van der Waals surface area contributed by atoms with E-state index in [0.717, 1.165) is 60.4 Å². The van der Waals surface area contributed by atoms with E-state index in [1.807, 2.05) is 36.1 Å². The summed E-state index contributed by atoms with van der Waals surface area (Å²) < 4.78 is 13.4. The van der Waals surface area contributed by atoms with Crippen molar-refractivity contribution < 1.29 is 14.3 Å². The molecule has 0 spiro atoms. The molecule has 2 saturated heterocycles. The van der Waals surface area contributed by atoms with Crippen molar-refractivity contribution in [2.75, 3.05) is 49.1 Å².